The molecule has 1 aromatic carbocycles. The fourth-order valence-electron chi connectivity index (χ4n) is 0.875. The summed E-state index contributed by atoms with van der Waals surface area (Å²) in [6.07, 6.45) is 0. The van der Waals surface area contributed by atoms with Gasteiger partial charge in [-0.25, -0.2) is 8.78 Å². The Labute approximate surface area is 89.4 Å². The van der Waals surface area contributed by atoms with E-state index >= 15 is 0 Å². The number of carbonyl (C=O) groups is 1. The zero-order valence-electron chi connectivity index (χ0n) is 7.38. The standard InChI is InChI=1S/C8H7F2N3OS/c9-5-1-4(2-6(10)3-5)7(14)12-13-8(11)15/h1-3H,(H,12,14)(H3,11,13,15). The number of hydrogen-bond donors (Lipinski definition) is 3. The smallest absolute Gasteiger partial charge is 0.269 e. The predicted octanol–water partition coefficient (Wildman–Crippen LogP) is 0.443. The number of benzene rings is 1. The molecule has 0 spiro atoms. The largest absolute Gasteiger partial charge is 0.375 e. The van der Waals surface area contributed by atoms with E-state index in [0.717, 1.165) is 12.1 Å². The number of carbonyl (C=O) groups excluding carboxylic acids is 1. The Morgan fingerprint density at radius 2 is 1.73 bits per heavy atom. The molecule has 4 N–H and O–H groups in total. The second-order valence-corrected chi connectivity index (χ2v) is 3.04. The third-order valence-electron chi connectivity index (χ3n) is 1.42. The van der Waals surface area contributed by atoms with Crippen LogP contribution in [-0.2, 0) is 0 Å². The van der Waals surface area contributed by atoms with E-state index in [4.69, 9.17) is 5.73 Å². The van der Waals surface area contributed by atoms with Gasteiger partial charge in [-0.05, 0) is 24.4 Å². The van der Waals surface area contributed by atoms with E-state index in [1.807, 2.05) is 0 Å². The van der Waals surface area contributed by atoms with Crippen LogP contribution in [0.25, 0.3) is 0 Å². The van der Waals surface area contributed by atoms with Crippen LogP contribution in [0.2, 0.25) is 0 Å². The fourth-order valence-corrected chi connectivity index (χ4v) is 0.926. The Kier molecular flexibility index (Phi) is 3.51. The number of nitrogens with two attached hydrogens (primary N) is 1. The minimum atomic E-state index is -0.838. The van der Waals surface area contributed by atoms with Crippen molar-refractivity contribution in [3.05, 3.63) is 35.4 Å². The average Bonchev–Trinajstić information content (AvgIpc) is 2.12. The van der Waals surface area contributed by atoms with Gasteiger partial charge in [0.25, 0.3) is 5.91 Å². The van der Waals surface area contributed by atoms with Crippen molar-refractivity contribution < 1.29 is 13.6 Å². The van der Waals surface area contributed by atoms with E-state index in [0.29, 0.717) is 6.07 Å². The molecule has 1 rings (SSSR count). The maximum atomic E-state index is 12.7. The van der Waals surface area contributed by atoms with Gasteiger partial charge in [0.1, 0.15) is 11.6 Å². The van der Waals surface area contributed by atoms with Crippen molar-refractivity contribution in [2.75, 3.05) is 0 Å². The van der Waals surface area contributed by atoms with Gasteiger partial charge in [0.05, 0.1) is 0 Å². The van der Waals surface area contributed by atoms with E-state index in [-0.39, 0.29) is 10.7 Å². The molecule has 0 saturated heterocycles. The highest BCUT2D eigenvalue weighted by Gasteiger charge is 2.08. The molecule has 0 radical (unpaired) electrons. The summed E-state index contributed by atoms with van der Waals surface area (Å²) >= 11 is 4.42. The van der Waals surface area contributed by atoms with Crippen molar-refractivity contribution in [3.63, 3.8) is 0 Å². The van der Waals surface area contributed by atoms with Crippen molar-refractivity contribution in [2.45, 2.75) is 0 Å². The molecule has 0 bridgehead atoms. The van der Waals surface area contributed by atoms with Gasteiger partial charge < -0.3 is 5.73 Å². The first-order valence-corrected chi connectivity index (χ1v) is 4.22. The maximum absolute atomic E-state index is 12.7. The third-order valence-corrected chi connectivity index (χ3v) is 1.53. The molecule has 80 valence electrons. The molecule has 0 aromatic heterocycles. The number of thiocarbonyl (C=S) groups is 1. The molecule has 0 aliphatic carbocycles. The number of halogens is 2. The van der Waals surface area contributed by atoms with Crippen molar-refractivity contribution in [2.24, 2.45) is 5.73 Å². The van der Waals surface area contributed by atoms with Crippen LogP contribution >= 0.6 is 12.2 Å². The first kappa shape index (κ1) is 11.3. The Bertz CT molecular complexity index is 391. The van der Waals surface area contributed by atoms with Gasteiger partial charge in [-0.2, -0.15) is 0 Å². The van der Waals surface area contributed by atoms with Gasteiger partial charge >= 0.3 is 0 Å². The monoisotopic (exact) mass is 231 g/mol. The molecule has 1 amide bonds. The Morgan fingerprint density at radius 1 is 1.20 bits per heavy atom. The van der Waals surface area contributed by atoms with Crippen LogP contribution in [0.3, 0.4) is 0 Å². The highest BCUT2D eigenvalue weighted by Crippen LogP contribution is 2.07. The molecule has 0 aliphatic rings. The van der Waals surface area contributed by atoms with Gasteiger partial charge in [0.2, 0.25) is 0 Å². The molecule has 0 unspecified atom stereocenters. The molecule has 0 fully saturated rings. The molecule has 1 aromatic rings. The van der Waals surface area contributed by atoms with Crippen molar-refractivity contribution in [1.82, 2.24) is 10.9 Å². The molecule has 0 aliphatic heterocycles. The summed E-state index contributed by atoms with van der Waals surface area (Å²) in [6, 6.07) is 2.44. The summed E-state index contributed by atoms with van der Waals surface area (Å²) in [5.41, 5.74) is 9.08. The highest BCUT2D eigenvalue weighted by atomic mass is 32.1. The molecule has 0 heterocycles. The van der Waals surface area contributed by atoms with Gasteiger partial charge in [0.15, 0.2) is 5.11 Å². The van der Waals surface area contributed by atoms with Crippen molar-refractivity contribution >= 4 is 23.2 Å². The van der Waals surface area contributed by atoms with Crippen LogP contribution in [0, 0.1) is 11.6 Å². The minimum Gasteiger partial charge on any atom is -0.375 e. The first-order valence-electron chi connectivity index (χ1n) is 3.81. The number of amides is 1. The maximum Gasteiger partial charge on any atom is 0.269 e. The van der Waals surface area contributed by atoms with E-state index in [1.165, 1.54) is 0 Å². The lowest BCUT2D eigenvalue weighted by Crippen LogP contribution is -2.44. The zero-order chi connectivity index (χ0) is 11.4. The van der Waals surface area contributed by atoms with Crippen LogP contribution < -0.4 is 16.6 Å². The van der Waals surface area contributed by atoms with Gasteiger partial charge in [-0.15, -0.1) is 0 Å². The van der Waals surface area contributed by atoms with Crippen LogP contribution in [-0.4, -0.2) is 11.0 Å². The van der Waals surface area contributed by atoms with Crippen LogP contribution in [0.4, 0.5) is 8.78 Å². The van der Waals surface area contributed by atoms with E-state index < -0.39 is 17.5 Å². The van der Waals surface area contributed by atoms with Gasteiger partial charge in [-0.3, -0.25) is 15.6 Å². The van der Waals surface area contributed by atoms with Crippen molar-refractivity contribution in [1.29, 1.82) is 0 Å². The molecule has 15 heavy (non-hydrogen) atoms. The number of rotatable bonds is 1. The van der Waals surface area contributed by atoms with Crippen LogP contribution in [0.5, 0.6) is 0 Å². The second kappa shape index (κ2) is 4.65. The highest BCUT2D eigenvalue weighted by molar-refractivity contribution is 7.80. The molecule has 4 nitrogen and oxygen atoms in total. The molecule has 0 saturated carbocycles. The zero-order valence-corrected chi connectivity index (χ0v) is 8.20. The lowest BCUT2D eigenvalue weighted by atomic mass is 10.2. The fraction of sp³-hybridized carbons (Fsp3) is 0. The lowest BCUT2D eigenvalue weighted by molar-refractivity contribution is 0.0943. The predicted molar refractivity (Wildman–Crippen MR) is 53.7 cm³/mol. The summed E-state index contributed by atoms with van der Waals surface area (Å²) in [7, 11) is 0. The SMILES string of the molecule is NC(=S)NNC(=O)c1cc(F)cc(F)c1. The summed E-state index contributed by atoms with van der Waals surface area (Å²) in [6.45, 7) is 0. The Balaban J connectivity index is 2.77. The third kappa shape index (κ3) is 3.47. The van der Waals surface area contributed by atoms with Gasteiger partial charge in [0, 0.05) is 11.6 Å². The van der Waals surface area contributed by atoms with E-state index in [9.17, 15) is 13.6 Å². The lowest BCUT2D eigenvalue weighted by Gasteiger charge is -2.06. The summed E-state index contributed by atoms with van der Waals surface area (Å²) < 4.78 is 25.4. The Morgan fingerprint density at radius 3 is 2.20 bits per heavy atom. The summed E-state index contributed by atoms with van der Waals surface area (Å²) in [5.74, 6) is -2.41. The summed E-state index contributed by atoms with van der Waals surface area (Å²) in [5, 5.41) is -0.153. The quantitative estimate of drug-likeness (QED) is 0.484. The molecule has 0 atom stereocenters. The first-order chi connectivity index (χ1) is 6.99. The van der Waals surface area contributed by atoms with Crippen LogP contribution in [0.1, 0.15) is 10.4 Å². The normalized spacial score (nSPS) is 9.47. The van der Waals surface area contributed by atoms with E-state index in [1.54, 1.807) is 0 Å². The minimum absolute atomic E-state index is 0.153. The average molecular weight is 231 g/mol. The molecule has 7 heteroatoms. The number of hydrogen-bond acceptors (Lipinski definition) is 2. The number of nitrogens with one attached hydrogen (secondary N) is 2. The van der Waals surface area contributed by atoms with Crippen molar-refractivity contribution in [3.8, 4) is 0 Å². The van der Waals surface area contributed by atoms with Crippen LogP contribution in [0.15, 0.2) is 18.2 Å². The summed E-state index contributed by atoms with van der Waals surface area (Å²) in [4.78, 5) is 11.2. The molecular weight excluding hydrogens is 224 g/mol. The van der Waals surface area contributed by atoms with E-state index in [2.05, 4.69) is 23.1 Å². The Hall–Kier alpha value is -1.76. The molecular formula is C8H7F2N3OS. The van der Waals surface area contributed by atoms with Gasteiger partial charge in [-0.1, -0.05) is 0 Å². The number of hydrazine groups is 1. The second-order valence-electron chi connectivity index (χ2n) is 2.60. The topological polar surface area (TPSA) is 67.2 Å².